The lowest BCUT2D eigenvalue weighted by atomic mass is 10.00. The molecule has 0 saturated carbocycles. The van der Waals surface area contributed by atoms with Gasteiger partial charge in [0.25, 0.3) is 5.91 Å². The van der Waals surface area contributed by atoms with Gasteiger partial charge in [0.15, 0.2) is 5.69 Å². The van der Waals surface area contributed by atoms with Gasteiger partial charge in [-0.25, -0.2) is 4.68 Å². The maximum absolute atomic E-state index is 13.0. The number of aromatic nitrogens is 4. The average Bonchev–Trinajstić information content (AvgIpc) is 3.13. The van der Waals surface area contributed by atoms with Crippen LogP contribution in [0.2, 0.25) is 0 Å². The summed E-state index contributed by atoms with van der Waals surface area (Å²) in [4.78, 5) is 21.4. The van der Waals surface area contributed by atoms with Crippen LogP contribution in [0.15, 0.2) is 36.7 Å². The first-order valence-electron chi connectivity index (χ1n) is 10.3. The summed E-state index contributed by atoms with van der Waals surface area (Å²) in [5.41, 5.74) is 2.07. The van der Waals surface area contributed by atoms with Crippen LogP contribution >= 0.6 is 0 Å². The number of fused-ring (bicyclic) bond motifs is 1. The Balaban J connectivity index is 1.52. The summed E-state index contributed by atoms with van der Waals surface area (Å²) >= 11 is 0. The van der Waals surface area contributed by atoms with Crippen molar-refractivity contribution in [1.29, 1.82) is 0 Å². The molecule has 1 aliphatic rings. The van der Waals surface area contributed by atoms with E-state index in [1.165, 1.54) is 19.3 Å². The van der Waals surface area contributed by atoms with Crippen LogP contribution in [0.25, 0.3) is 16.5 Å². The lowest BCUT2D eigenvalue weighted by Crippen LogP contribution is -2.39. The number of hydrogen-bond acceptors (Lipinski definition) is 5. The zero-order valence-electron chi connectivity index (χ0n) is 17.4. The van der Waals surface area contributed by atoms with E-state index < -0.39 is 0 Å². The summed E-state index contributed by atoms with van der Waals surface area (Å²) in [5, 5.41) is 10.6. The number of pyridine rings is 1. The van der Waals surface area contributed by atoms with Gasteiger partial charge in [-0.05, 0) is 51.9 Å². The Bertz CT molecular complexity index is 1010. The molecule has 3 aromatic rings. The van der Waals surface area contributed by atoms with Crippen molar-refractivity contribution in [3.05, 3.63) is 48.0 Å². The SMILES string of the molecule is Cc1c(C(=O)N(C)CCC2CCCCN2C)nnn1-c1cccc2cnccc12. The van der Waals surface area contributed by atoms with Crippen molar-refractivity contribution < 1.29 is 4.79 Å². The predicted molar refractivity (Wildman–Crippen MR) is 113 cm³/mol. The molecule has 1 aliphatic heterocycles. The second kappa shape index (κ2) is 8.29. The first-order chi connectivity index (χ1) is 14.1. The van der Waals surface area contributed by atoms with Gasteiger partial charge in [-0.1, -0.05) is 23.8 Å². The molecule has 2 aromatic heterocycles. The molecule has 1 amide bonds. The third-order valence-corrected chi connectivity index (χ3v) is 6.05. The number of piperidine rings is 1. The minimum Gasteiger partial charge on any atom is -0.340 e. The zero-order chi connectivity index (χ0) is 20.4. The standard InChI is InChI=1S/C22H28N6O/c1-16-21(22(29)27(3)14-11-18-8-4-5-13-26(18)2)24-25-28(16)20-9-6-7-17-15-23-12-10-19(17)20/h6-7,9-10,12,15,18H,4-5,8,11,13-14H2,1-3H3. The molecule has 29 heavy (non-hydrogen) atoms. The fraction of sp³-hybridized carbons (Fsp3) is 0.455. The zero-order valence-corrected chi connectivity index (χ0v) is 17.4. The van der Waals surface area contributed by atoms with Crippen molar-refractivity contribution >= 4 is 16.7 Å². The highest BCUT2D eigenvalue weighted by Crippen LogP contribution is 2.23. The highest BCUT2D eigenvalue weighted by atomic mass is 16.2. The van der Waals surface area contributed by atoms with Crippen molar-refractivity contribution in [2.45, 2.75) is 38.6 Å². The van der Waals surface area contributed by atoms with Gasteiger partial charge in [0.2, 0.25) is 0 Å². The van der Waals surface area contributed by atoms with E-state index >= 15 is 0 Å². The molecule has 0 aliphatic carbocycles. The van der Waals surface area contributed by atoms with Crippen LogP contribution in [-0.4, -0.2) is 68.9 Å². The lowest BCUT2D eigenvalue weighted by molar-refractivity contribution is 0.0764. The molecule has 0 radical (unpaired) electrons. The molecular weight excluding hydrogens is 364 g/mol. The number of rotatable bonds is 5. The van der Waals surface area contributed by atoms with Gasteiger partial charge >= 0.3 is 0 Å². The van der Waals surface area contributed by atoms with Crippen molar-refractivity contribution in [2.75, 3.05) is 27.2 Å². The predicted octanol–water partition coefficient (Wildman–Crippen LogP) is 3.07. The fourth-order valence-electron chi connectivity index (χ4n) is 4.18. The Hall–Kier alpha value is -2.80. The van der Waals surface area contributed by atoms with Crippen LogP contribution in [0, 0.1) is 6.92 Å². The first kappa shape index (κ1) is 19.5. The maximum atomic E-state index is 13.0. The Morgan fingerprint density at radius 2 is 2.14 bits per heavy atom. The summed E-state index contributed by atoms with van der Waals surface area (Å²) in [6, 6.07) is 8.48. The van der Waals surface area contributed by atoms with Gasteiger partial charge in [0.1, 0.15) is 0 Å². The highest BCUT2D eigenvalue weighted by Gasteiger charge is 2.24. The molecule has 152 valence electrons. The van der Waals surface area contributed by atoms with E-state index in [4.69, 9.17) is 0 Å². The normalized spacial score (nSPS) is 17.6. The summed E-state index contributed by atoms with van der Waals surface area (Å²) in [7, 11) is 4.04. The number of hydrogen-bond donors (Lipinski definition) is 0. The van der Waals surface area contributed by atoms with Gasteiger partial charge in [0.05, 0.1) is 11.4 Å². The molecule has 3 heterocycles. The molecule has 7 heteroatoms. The Labute approximate surface area is 171 Å². The molecule has 1 fully saturated rings. The summed E-state index contributed by atoms with van der Waals surface area (Å²) in [6.07, 6.45) is 8.34. The van der Waals surface area contributed by atoms with Crippen LogP contribution in [0.1, 0.15) is 41.9 Å². The van der Waals surface area contributed by atoms with Crippen molar-refractivity contribution in [3.63, 3.8) is 0 Å². The molecule has 1 unspecified atom stereocenters. The smallest absolute Gasteiger partial charge is 0.276 e. The van der Waals surface area contributed by atoms with E-state index in [-0.39, 0.29) is 5.91 Å². The van der Waals surface area contributed by atoms with E-state index in [1.807, 2.05) is 44.4 Å². The summed E-state index contributed by atoms with van der Waals surface area (Å²) < 4.78 is 1.75. The minimum absolute atomic E-state index is 0.0749. The van der Waals surface area contributed by atoms with Gasteiger partial charge in [-0.3, -0.25) is 9.78 Å². The Morgan fingerprint density at radius 1 is 1.28 bits per heavy atom. The van der Waals surface area contributed by atoms with Gasteiger partial charge in [-0.2, -0.15) is 0 Å². The van der Waals surface area contributed by atoms with Crippen LogP contribution < -0.4 is 0 Å². The number of nitrogens with zero attached hydrogens (tertiary/aromatic N) is 6. The number of amides is 1. The first-order valence-corrected chi connectivity index (χ1v) is 10.3. The molecule has 1 saturated heterocycles. The van der Waals surface area contributed by atoms with Gasteiger partial charge in [-0.15, -0.1) is 5.10 Å². The largest absolute Gasteiger partial charge is 0.340 e. The molecule has 0 spiro atoms. The Kier molecular flexibility index (Phi) is 5.58. The average molecular weight is 393 g/mol. The van der Waals surface area contributed by atoms with Gasteiger partial charge < -0.3 is 9.80 Å². The van der Waals surface area contributed by atoms with E-state index in [2.05, 4.69) is 27.2 Å². The lowest BCUT2D eigenvalue weighted by Gasteiger charge is -2.33. The summed E-state index contributed by atoms with van der Waals surface area (Å²) in [6.45, 7) is 3.77. The van der Waals surface area contributed by atoms with E-state index in [9.17, 15) is 4.79 Å². The van der Waals surface area contributed by atoms with Crippen LogP contribution in [0.4, 0.5) is 0 Å². The molecule has 7 nitrogen and oxygen atoms in total. The number of carbonyl (C=O) groups is 1. The van der Waals surface area contributed by atoms with Crippen molar-refractivity contribution in [1.82, 2.24) is 29.8 Å². The molecule has 0 N–H and O–H groups in total. The van der Waals surface area contributed by atoms with E-state index in [0.717, 1.165) is 41.7 Å². The molecule has 1 atom stereocenters. The fourth-order valence-corrected chi connectivity index (χ4v) is 4.18. The van der Waals surface area contributed by atoms with E-state index in [1.54, 1.807) is 15.8 Å². The third kappa shape index (κ3) is 3.87. The second-order valence-corrected chi connectivity index (χ2v) is 7.95. The Morgan fingerprint density at radius 3 is 2.97 bits per heavy atom. The van der Waals surface area contributed by atoms with Crippen molar-refractivity contribution in [3.8, 4) is 5.69 Å². The molecule has 1 aromatic carbocycles. The van der Waals surface area contributed by atoms with Crippen LogP contribution in [-0.2, 0) is 0 Å². The maximum Gasteiger partial charge on any atom is 0.276 e. The number of benzene rings is 1. The van der Waals surface area contributed by atoms with Crippen LogP contribution in [0.5, 0.6) is 0 Å². The van der Waals surface area contributed by atoms with Crippen LogP contribution in [0.3, 0.4) is 0 Å². The van der Waals surface area contributed by atoms with E-state index in [0.29, 0.717) is 11.7 Å². The minimum atomic E-state index is -0.0749. The number of carbonyl (C=O) groups excluding carboxylic acids is 1. The third-order valence-electron chi connectivity index (χ3n) is 6.05. The van der Waals surface area contributed by atoms with Gasteiger partial charge in [0, 0.05) is 42.8 Å². The number of likely N-dealkylation sites (tertiary alicyclic amines) is 1. The molecule has 0 bridgehead atoms. The quantitative estimate of drug-likeness (QED) is 0.668. The monoisotopic (exact) mass is 392 g/mol. The molecule has 4 rings (SSSR count). The topological polar surface area (TPSA) is 67.2 Å². The summed E-state index contributed by atoms with van der Waals surface area (Å²) in [5.74, 6) is -0.0749. The second-order valence-electron chi connectivity index (χ2n) is 7.95. The van der Waals surface area contributed by atoms with Crippen molar-refractivity contribution in [2.24, 2.45) is 0 Å². The molecular formula is C22H28N6O. The highest BCUT2D eigenvalue weighted by molar-refractivity contribution is 5.94.